The molecule has 0 unspecified atom stereocenters. The highest BCUT2D eigenvalue weighted by atomic mass is 16.5. The number of amides is 1. The normalized spacial score (nSPS) is 11.9. The molecule has 182 valence electrons. The summed E-state index contributed by atoms with van der Waals surface area (Å²) in [6.07, 6.45) is 16.4. The van der Waals surface area contributed by atoms with Gasteiger partial charge in [0, 0.05) is 32.5 Å². The van der Waals surface area contributed by atoms with Crippen LogP contribution in [0.25, 0.3) is 0 Å². The minimum Gasteiger partial charge on any atom is -0.480 e. The van der Waals surface area contributed by atoms with Gasteiger partial charge in [-0.05, 0) is 26.2 Å². The van der Waals surface area contributed by atoms with Gasteiger partial charge >= 0.3 is 5.97 Å². The average molecular weight is 442 g/mol. The molecule has 0 aliphatic heterocycles. The number of ketones is 1. The fourth-order valence-corrected chi connectivity index (χ4v) is 3.60. The van der Waals surface area contributed by atoms with E-state index in [1.165, 1.54) is 57.8 Å². The molecular formula is C25H47NO5. The molecule has 0 saturated carbocycles. The zero-order chi connectivity index (χ0) is 23.2. The van der Waals surface area contributed by atoms with E-state index in [0.29, 0.717) is 32.5 Å². The van der Waals surface area contributed by atoms with Crippen molar-refractivity contribution in [3.05, 3.63) is 0 Å². The third-order valence-corrected chi connectivity index (χ3v) is 5.55. The van der Waals surface area contributed by atoms with E-state index in [2.05, 4.69) is 12.2 Å². The molecule has 0 aromatic carbocycles. The van der Waals surface area contributed by atoms with Crippen LogP contribution in [0.1, 0.15) is 123 Å². The molecule has 0 rings (SSSR count). The third kappa shape index (κ3) is 20.2. The number of carboxylic acids is 1. The summed E-state index contributed by atoms with van der Waals surface area (Å²) in [6, 6.07) is -0.985. The number of aliphatic carboxylic acids is 1. The summed E-state index contributed by atoms with van der Waals surface area (Å²) in [7, 11) is 0. The van der Waals surface area contributed by atoms with Crippen LogP contribution in [-0.4, -0.2) is 42.0 Å². The van der Waals surface area contributed by atoms with Crippen molar-refractivity contribution in [3.63, 3.8) is 0 Å². The van der Waals surface area contributed by atoms with Crippen molar-refractivity contribution in [1.82, 2.24) is 5.32 Å². The van der Waals surface area contributed by atoms with E-state index < -0.39 is 12.0 Å². The fraction of sp³-hybridized carbons (Fsp3) is 0.880. The van der Waals surface area contributed by atoms with Crippen LogP contribution in [0.3, 0.4) is 0 Å². The van der Waals surface area contributed by atoms with E-state index in [-0.39, 0.29) is 24.5 Å². The van der Waals surface area contributed by atoms with Gasteiger partial charge in [-0.25, -0.2) is 4.79 Å². The second kappa shape index (κ2) is 21.8. The average Bonchev–Trinajstić information content (AvgIpc) is 2.74. The van der Waals surface area contributed by atoms with Crippen molar-refractivity contribution in [2.45, 2.75) is 129 Å². The molecule has 0 aromatic heterocycles. The Kier molecular flexibility index (Phi) is 20.8. The second-order valence-electron chi connectivity index (χ2n) is 8.48. The number of ether oxygens (including phenoxy) is 1. The monoisotopic (exact) mass is 441 g/mol. The number of carbonyl (C=O) groups is 3. The molecule has 6 heteroatoms. The summed E-state index contributed by atoms with van der Waals surface area (Å²) >= 11 is 0. The van der Waals surface area contributed by atoms with E-state index in [1.807, 2.05) is 6.92 Å². The standard InChI is InChI=1S/C25H47NO5/c1-3-5-6-7-8-9-10-11-12-13-14-15-18-24(28)26-23(25(29)30)20-19-22(27)17-16-21-31-4-2/h23H,3-21H2,1-2H3,(H,26,28)(H,29,30)/t23-/m0/s1. The van der Waals surface area contributed by atoms with Crippen molar-refractivity contribution in [1.29, 1.82) is 0 Å². The largest absolute Gasteiger partial charge is 0.480 e. The lowest BCUT2D eigenvalue weighted by Gasteiger charge is -2.14. The van der Waals surface area contributed by atoms with Gasteiger partial charge in [-0.3, -0.25) is 9.59 Å². The molecule has 0 saturated heterocycles. The fourth-order valence-electron chi connectivity index (χ4n) is 3.60. The molecule has 0 spiro atoms. The highest BCUT2D eigenvalue weighted by Crippen LogP contribution is 2.12. The lowest BCUT2D eigenvalue weighted by molar-refractivity contribution is -0.142. The summed E-state index contributed by atoms with van der Waals surface area (Å²) in [5, 5.41) is 11.9. The van der Waals surface area contributed by atoms with Gasteiger partial charge in [-0.2, -0.15) is 0 Å². The van der Waals surface area contributed by atoms with E-state index >= 15 is 0 Å². The maximum absolute atomic E-state index is 12.1. The van der Waals surface area contributed by atoms with Crippen molar-refractivity contribution in [2.75, 3.05) is 13.2 Å². The Morgan fingerprint density at radius 3 is 1.81 bits per heavy atom. The zero-order valence-corrected chi connectivity index (χ0v) is 20.1. The lowest BCUT2D eigenvalue weighted by Crippen LogP contribution is -2.41. The molecule has 6 nitrogen and oxygen atoms in total. The SMILES string of the molecule is CCCCCCCCCCCCCCC(=O)N[C@@H](CCC(=O)CCCOCC)C(=O)O. The molecule has 0 radical (unpaired) electrons. The second-order valence-corrected chi connectivity index (χ2v) is 8.48. The third-order valence-electron chi connectivity index (χ3n) is 5.55. The minimum absolute atomic E-state index is 0.0150. The smallest absolute Gasteiger partial charge is 0.326 e. The maximum Gasteiger partial charge on any atom is 0.326 e. The molecule has 1 amide bonds. The first-order valence-electron chi connectivity index (χ1n) is 12.6. The first-order chi connectivity index (χ1) is 15.0. The van der Waals surface area contributed by atoms with E-state index in [1.54, 1.807) is 0 Å². The Morgan fingerprint density at radius 2 is 1.29 bits per heavy atom. The highest BCUT2D eigenvalue weighted by Gasteiger charge is 2.20. The van der Waals surface area contributed by atoms with Crippen molar-refractivity contribution in [3.8, 4) is 0 Å². The minimum atomic E-state index is -1.08. The van der Waals surface area contributed by atoms with Gasteiger partial charge in [0.1, 0.15) is 11.8 Å². The molecule has 0 aliphatic rings. The van der Waals surface area contributed by atoms with Crippen LogP contribution in [0.5, 0.6) is 0 Å². The number of Topliss-reactive ketones (excluding diaryl/α,β-unsaturated/α-hetero) is 1. The lowest BCUT2D eigenvalue weighted by atomic mass is 10.0. The van der Waals surface area contributed by atoms with Crippen LogP contribution >= 0.6 is 0 Å². The molecule has 0 fully saturated rings. The Bertz CT molecular complexity index is 467. The quantitative estimate of drug-likeness (QED) is 0.195. The number of carbonyl (C=O) groups excluding carboxylic acids is 2. The number of nitrogens with one attached hydrogen (secondary N) is 1. The van der Waals surface area contributed by atoms with Gasteiger partial charge in [-0.15, -0.1) is 0 Å². The van der Waals surface area contributed by atoms with Gasteiger partial charge in [0.25, 0.3) is 0 Å². The first kappa shape index (κ1) is 29.6. The summed E-state index contributed by atoms with van der Waals surface area (Å²) in [6.45, 7) is 5.31. The predicted molar refractivity (Wildman–Crippen MR) is 125 cm³/mol. The van der Waals surface area contributed by atoms with Gasteiger partial charge < -0.3 is 15.2 Å². The van der Waals surface area contributed by atoms with Gasteiger partial charge in [-0.1, -0.05) is 77.6 Å². The Labute approximate surface area is 189 Å². The summed E-state index contributed by atoms with van der Waals surface area (Å²) in [4.78, 5) is 35.3. The Hall–Kier alpha value is -1.43. The van der Waals surface area contributed by atoms with Gasteiger partial charge in [0.2, 0.25) is 5.91 Å². The first-order valence-corrected chi connectivity index (χ1v) is 12.6. The number of rotatable bonds is 23. The van der Waals surface area contributed by atoms with Crippen LogP contribution < -0.4 is 5.32 Å². The highest BCUT2D eigenvalue weighted by molar-refractivity contribution is 5.84. The van der Waals surface area contributed by atoms with E-state index in [0.717, 1.165) is 19.3 Å². The topological polar surface area (TPSA) is 92.7 Å². The van der Waals surface area contributed by atoms with Crippen molar-refractivity contribution < 1.29 is 24.2 Å². The molecular weight excluding hydrogens is 394 g/mol. The zero-order valence-electron chi connectivity index (χ0n) is 20.1. The Morgan fingerprint density at radius 1 is 0.742 bits per heavy atom. The van der Waals surface area contributed by atoms with Crippen LogP contribution in [0.4, 0.5) is 0 Å². The molecule has 0 heterocycles. The molecule has 31 heavy (non-hydrogen) atoms. The molecule has 0 aromatic rings. The number of unbranched alkanes of at least 4 members (excludes halogenated alkanes) is 11. The van der Waals surface area contributed by atoms with Crippen LogP contribution in [0.2, 0.25) is 0 Å². The van der Waals surface area contributed by atoms with Gasteiger partial charge in [0.15, 0.2) is 0 Å². The molecule has 1 atom stereocenters. The van der Waals surface area contributed by atoms with Gasteiger partial charge in [0.05, 0.1) is 0 Å². The predicted octanol–water partition coefficient (Wildman–Crippen LogP) is 5.81. The van der Waals surface area contributed by atoms with Crippen molar-refractivity contribution in [2.24, 2.45) is 0 Å². The van der Waals surface area contributed by atoms with Crippen LogP contribution in [0.15, 0.2) is 0 Å². The van der Waals surface area contributed by atoms with E-state index in [4.69, 9.17) is 4.74 Å². The Balaban J connectivity index is 3.73. The van der Waals surface area contributed by atoms with Crippen LogP contribution in [-0.2, 0) is 19.1 Å². The number of carboxylic acid groups (broad SMARTS) is 1. The maximum atomic E-state index is 12.1. The summed E-state index contributed by atoms with van der Waals surface area (Å²) < 4.78 is 5.19. The molecule has 2 N–H and O–H groups in total. The number of hydrogen-bond donors (Lipinski definition) is 2. The van der Waals surface area contributed by atoms with Crippen molar-refractivity contribution >= 4 is 17.7 Å². The van der Waals surface area contributed by atoms with E-state index in [9.17, 15) is 19.5 Å². The summed E-state index contributed by atoms with van der Waals surface area (Å²) in [5.41, 5.74) is 0. The molecule has 0 aliphatic carbocycles. The van der Waals surface area contributed by atoms with Crippen LogP contribution in [0, 0.1) is 0 Å². The number of hydrogen-bond acceptors (Lipinski definition) is 4. The molecule has 0 bridgehead atoms. The summed E-state index contributed by atoms with van der Waals surface area (Å²) in [5.74, 6) is -1.30.